The Morgan fingerprint density at radius 1 is 1.04 bits per heavy atom. The molecule has 0 aliphatic carbocycles. The van der Waals surface area contributed by atoms with Gasteiger partial charge in [-0.15, -0.1) is 0 Å². The maximum absolute atomic E-state index is 12.6. The van der Waals surface area contributed by atoms with Crippen molar-refractivity contribution >= 4 is 17.5 Å². The summed E-state index contributed by atoms with van der Waals surface area (Å²) < 4.78 is 5.64. The number of aryl methyl sites for hydroxylation is 3. The van der Waals surface area contributed by atoms with Crippen LogP contribution in [0, 0.1) is 26.7 Å². The Balaban J connectivity index is 1.97. The summed E-state index contributed by atoms with van der Waals surface area (Å²) in [5.41, 5.74) is 4.51. The molecule has 5 heteroatoms. The zero-order valence-electron chi connectivity index (χ0n) is 17.6. The summed E-state index contributed by atoms with van der Waals surface area (Å²) in [4.78, 5) is 26.4. The highest BCUT2D eigenvalue weighted by Crippen LogP contribution is 2.22. The number of amides is 2. The zero-order valence-corrected chi connectivity index (χ0v) is 17.6. The third-order valence-electron chi connectivity index (χ3n) is 4.35. The van der Waals surface area contributed by atoms with Gasteiger partial charge in [-0.05, 0) is 62.1 Å². The van der Waals surface area contributed by atoms with Crippen molar-refractivity contribution < 1.29 is 14.3 Å². The molecule has 2 amide bonds. The minimum absolute atomic E-state index is 0.0167. The van der Waals surface area contributed by atoms with E-state index >= 15 is 0 Å². The van der Waals surface area contributed by atoms with Gasteiger partial charge in [-0.25, -0.2) is 0 Å². The van der Waals surface area contributed by atoms with Crippen LogP contribution in [0.15, 0.2) is 36.4 Å². The molecule has 0 aromatic heterocycles. The van der Waals surface area contributed by atoms with E-state index in [2.05, 4.69) is 19.2 Å². The van der Waals surface area contributed by atoms with Gasteiger partial charge in [0.25, 0.3) is 5.91 Å². The van der Waals surface area contributed by atoms with Crippen LogP contribution in [0.2, 0.25) is 0 Å². The van der Waals surface area contributed by atoms with E-state index < -0.39 is 0 Å². The van der Waals surface area contributed by atoms with Crippen molar-refractivity contribution in [3.8, 4) is 5.75 Å². The van der Waals surface area contributed by atoms with Crippen LogP contribution < -0.4 is 10.1 Å². The van der Waals surface area contributed by atoms with Gasteiger partial charge in [0.15, 0.2) is 0 Å². The predicted octanol–water partition coefficient (Wildman–Crippen LogP) is 4.36. The van der Waals surface area contributed by atoms with Crippen LogP contribution in [0.1, 0.15) is 40.9 Å². The first-order valence-corrected chi connectivity index (χ1v) is 9.53. The van der Waals surface area contributed by atoms with Crippen LogP contribution in [-0.4, -0.2) is 36.9 Å². The van der Waals surface area contributed by atoms with Gasteiger partial charge in [-0.1, -0.05) is 31.5 Å². The van der Waals surface area contributed by atoms with Gasteiger partial charge >= 0.3 is 0 Å². The van der Waals surface area contributed by atoms with Gasteiger partial charge in [0.1, 0.15) is 5.75 Å². The van der Waals surface area contributed by atoms with Crippen molar-refractivity contribution in [2.75, 3.05) is 25.5 Å². The minimum atomic E-state index is -0.220. The van der Waals surface area contributed by atoms with E-state index in [0.717, 1.165) is 28.1 Å². The maximum Gasteiger partial charge on any atom is 0.254 e. The Bertz CT molecular complexity index is 818. The van der Waals surface area contributed by atoms with E-state index in [1.165, 1.54) is 4.90 Å². The van der Waals surface area contributed by atoms with Gasteiger partial charge < -0.3 is 15.0 Å². The molecule has 0 atom stereocenters. The van der Waals surface area contributed by atoms with Crippen molar-refractivity contribution in [2.24, 2.45) is 5.92 Å². The molecule has 0 aliphatic heterocycles. The average molecular weight is 383 g/mol. The fraction of sp³-hybridized carbons (Fsp3) is 0.391. The fourth-order valence-electron chi connectivity index (χ4n) is 3.02. The molecule has 0 heterocycles. The van der Waals surface area contributed by atoms with Gasteiger partial charge in [0.05, 0.1) is 13.2 Å². The Hall–Kier alpha value is -2.82. The van der Waals surface area contributed by atoms with Crippen LogP contribution in [-0.2, 0) is 4.79 Å². The van der Waals surface area contributed by atoms with Crippen molar-refractivity contribution in [3.05, 3.63) is 58.7 Å². The lowest BCUT2D eigenvalue weighted by Crippen LogP contribution is -2.35. The molecule has 5 nitrogen and oxygen atoms in total. The van der Waals surface area contributed by atoms with Crippen molar-refractivity contribution in [1.82, 2.24) is 4.90 Å². The summed E-state index contributed by atoms with van der Waals surface area (Å²) >= 11 is 0. The van der Waals surface area contributed by atoms with Crippen LogP contribution in [0.5, 0.6) is 5.75 Å². The summed E-state index contributed by atoms with van der Waals surface area (Å²) in [5, 5.41) is 2.93. The topological polar surface area (TPSA) is 58.6 Å². The number of rotatable bonds is 7. The van der Waals surface area contributed by atoms with Crippen LogP contribution in [0.3, 0.4) is 0 Å². The number of nitrogens with one attached hydrogen (secondary N) is 1. The molecule has 0 saturated heterocycles. The monoisotopic (exact) mass is 382 g/mol. The number of carbonyl (C=O) groups excluding carboxylic acids is 2. The molecule has 0 spiro atoms. The van der Waals surface area contributed by atoms with Gasteiger partial charge in [0.2, 0.25) is 5.91 Å². The molecule has 0 bridgehead atoms. The first kappa shape index (κ1) is 21.5. The largest absolute Gasteiger partial charge is 0.493 e. The van der Waals surface area contributed by atoms with E-state index in [-0.39, 0.29) is 18.4 Å². The molecule has 1 N–H and O–H groups in total. The van der Waals surface area contributed by atoms with Crippen molar-refractivity contribution in [2.45, 2.75) is 34.6 Å². The number of hydrogen-bond acceptors (Lipinski definition) is 3. The molecule has 2 rings (SSSR count). The standard InChI is InChI=1S/C23H30N2O3/c1-15(2)14-28-20-9-7-19(8-10-20)23(27)25(6)13-21(26)24-22-17(4)11-16(3)12-18(22)5/h7-12,15H,13-14H2,1-6H3,(H,24,26). The highest BCUT2D eigenvalue weighted by Gasteiger charge is 2.16. The second kappa shape index (κ2) is 9.40. The van der Waals surface area contributed by atoms with Crippen LogP contribution in [0.25, 0.3) is 0 Å². The molecule has 2 aromatic carbocycles. The van der Waals surface area contributed by atoms with Crippen LogP contribution in [0.4, 0.5) is 5.69 Å². The van der Waals surface area contributed by atoms with Crippen molar-refractivity contribution in [1.29, 1.82) is 0 Å². The number of carbonyl (C=O) groups is 2. The lowest BCUT2D eigenvalue weighted by Gasteiger charge is -2.19. The average Bonchev–Trinajstić information content (AvgIpc) is 2.62. The van der Waals surface area contributed by atoms with Gasteiger partial charge in [-0.3, -0.25) is 9.59 Å². The lowest BCUT2D eigenvalue weighted by molar-refractivity contribution is -0.116. The van der Waals surface area contributed by atoms with E-state index in [9.17, 15) is 9.59 Å². The quantitative estimate of drug-likeness (QED) is 0.774. The first-order valence-electron chi connectivity index (χ1n) is 9.53. The summed E-state index contributed by atoms with van der Waals surface area (Å²) in [6.07, 6.45) is 0. The number of nitrogens with zero attached hydrogens (tertiary/aromatic N) is 1. The number of likely N-dealkylation sites (N-methyl/N-ethyl adjacent to an activating group) is 1. The Kier molecular flexibility index (Phi) is 7.21. The van der Waals surface area contributed by atoms with Crippen molar-refractivity contribution in [3.63, 3.8) is 0 Å². The van der Waals surface area contributed by atoms with E-state index in [4.69, 9.17) is 4.74 Å². The highest BCUT2D eigenvalue weighted by molar-refractivity contribution is 5.99. The SMILES string of the molecule is Cc1cc(C)c(NC(=O)CN(C)C(=O)c2ccc(OCC(C)C)cc2)c(C)c1. The van der Waals surface area contributed by atoms with E-state index in [1.807, 2.05) is 32.9 Å². The molecular formula is C23H30N2O3. The first-order chi connectivity index (χ1) is 13.2. The second-order valence-electron chi connectivity index (χ2n) is 7.71. The Morgan fingerprint density at radius 3 is 2.14 bits per heavy atom. The smallest absolute Gasteiger partial charge is 0.254 e. The number of hydrogen-bond donors (Lipinski definition) is 1. The fourth-order valence-corrected chi connectivity index (χ4v) is 3.02. The third kappa shape index (κ3) is 5.84. The number of anilines is 1. The zero-order chi connectivity index (χ0) is 20.8. The number of benzene rings is 2. The Morgan fingerprint density at radius 2 is 1.61 bits per heavy atom. The van der Waals surface area contributed by atoms with Gasteiger partial charge in [-0.2, -0.15) is 0 Å². The van der Waals surface area contributed by atoms with Gasteiger partial charge in [0, 0.05) is 18.3 Å². The molecule has 0 unspecified atom stereocenters. The maximum atomic E-state index is 12.6. The molecule has 0 radical (unpaired) electrons. The minimum Gasteiger partial charge on any atom is -0.493 e. The molecule has 28 heavy (non-hydrogen) atoms. The number of ether oxygens (including phenoxy) is 1. The van der Waals surface area contributed by atoms with E-state index in [1.54, 1.807) is 31.3 Å². The van der Waals surface area contributed by atoms with E-state index in [0.29, 0.717) is 18.1 Å². The summed E-state index contributed by atoms with van der Waals surface area (Å²) in [6.45, 7) is 10.7. The lowest BCUT2D eigenvalue weighted by atomic mass is 10.1. The highest BCUT2D eigenvalue weighted by atomic mass is 16.5. The molecule has 2 aromatic rings. The molecule has 0 fully saturated rings. The molecular weight excluding hydrogens is 352 g/mol. The van der Waals surface area contributed by atoms with Crippen LogP contribution >= 0.6 is 0 Å². The Labute approximate surface area is 167 Å². The second-order valence-corrected chi connectivity index (χ2v) is 7.71. The molecule has 0 aliphatic rings. The molecule has 0 saturated carbocycles. The summed E-state index contributed by atoms with van der Waals surface area (Å²) in [6, 6.07) is 11.1. The molecule has 150 valence electrons. The third-order valence-corrected chi connectivity index (χ3v) is 4.35. The summed E-state index contributed by atoms with van der Waals surface area (Å²) in [7, 11) is 1.62. The normalized spacial score (nSPS) is 10.7. The summed E-state index contributed by atoms with van der Waals surface area (Å²) in [5.74, 6) is 0.744. The predicted molar refractivity (Wildman–Crippen MR) is 113 cm³/mol.